The van der Waals surface area contributed by atoms with Gasteiger partial charge in [0.15, 0.2) is 11.5 Å². The fourth-order valence-electron chi connectivity index (χ4n) is 3.10. The Bertz CT molecular complexity index is 775. The smallest absolute Gasteiger partial charge is 0.317 e. The third-order valence-corrected chi connectivity index (χ3v) is 4.65. The average Bonchev–Trinajstić information content (AvgIpc) is 2.72. The first-order chi connectivity index (χ1) is 13.1. The summed E-state index contributed by atoms with van der Waals surface area (Å²) in [6.07, 6.45) is 0. The van der Waals surface area contributed by atoms with Crippen LogP contribution in [-0.2, 0) is 6.54 Å². The van der Waals surface area contributed by atoms with Crippen molar-refractivity contribution in [2.45, 2.75) is 6.54 Å². The van der Waals surface area contributed by atoms with Crippen molar-refractivity contribution in [2.24, 2.45) is 0 Å². The number of hydrogen-bond donors (Lipinski definition) is 1. The largest absolute Gasteiger partial charge is 0.493 e. The molecule has 6 nitrogen and oxygen atoms in total. The number of nitrogens with zero attached hydrogens (tertiary/aromatic N) is 2. The number of anilines is 1. The first kappa shape index (κ1) is 18.8. The molecule has 1 N–H and O–H groups in total. The molecule has 1 aliphatic heterocycles. The molecule has 2 aromatic carbocycles. The number of rotatable bonds is 5. The van der Waals surface area contributed by atoms with Gasteiger partial charge < -0.3 is 24.6 Å². The van der Waals surface area contributed by atoms with Gasteiger partial charge in [-0.25, -0.2) is 9.18 Å². The Hall–Kier alpha value is -2.96. The molecule has 0 unspecified atom stereocenters. The highest BCUT2D eigenvalue weighted by Crippen LogP contribution is 2.27. The molecule has 27 heavy (non-hydrogen) atoms. The normalized spacial score (nSPS) is 14.0. The van der Waals surface area contributed by atoms with E-state index in [1.807, 2.05) is 18.2 Å². The SMILES string of the molecule is COc1ccc(CNC(=O)N2CCN(c3ccc(F)cc3)CC2)cc1OC. The van der Waals surface area contributed by atoms with Crippen LogP contribution in [0, 0.1) is 5.82 Å². The summed E-state index contributed by atoms with van der Waals surface area (Å²) >= 11 is 0. The highest BCUT2D eigenvalue weighted by molar-refractivity contribution is 5.74. The molecule has 0 bridgehead atoms. The first-order valence-corrected chi connectivity index (χ1v) is 8.85. The summed E-state index contributed by atoms with van der Waals surface area (Å²) < 4.78 is 23.5. The lowest BCUT2D eigenvalue weighted by molar-refractivity contribution is 0.194. The van der Waals surface area contributed by atoms with E-state index in [0.717, 1.165) is 24.3 Å². The molecule has 1 aliphatic rings. The molecular formula is C20H24FN3O3. The predicted molar refractivity (Wildman–Crippen MR) is 102 cm³/mol. The van der Waals surface area contributed by atoms with Crippen LogP contribution in [0.2, 0.25) is 0 Å². The van der Waals surface area contributed by atoms with Crippen LogP contribution in [0.3, 0.4) is 0 Å². The predicted octanol–water partition coefficient (Wildman–Crippen LogP) is 2.87. The monoisotopic (exact) mass is 373 g/mol. The van der Waals surface area contributed by atoms with Crippen LogP contribution < -0.4 is 19.7 Å². The van der Waals surface area contributed by atoms with Gasteiger partial charge >= 0.3 is 6.03 Å². The van der Waals surface area contributed by atoms with E-state index in [2.05, 4.69) is 10.2 Å². The summed E-state index contributed by atoms with van der Waals surface area (Å²) in [5, 5.41) is 2.94. The first-order valence-electron chi connectivity index (χ1n) is 8.85. The van der Waals surface area contributed by atoms with E-state index in [1.165, 1.54) is 12.1 Å². The number of halogens is 1. The molecule has 0 aromatic heterocycles. The Morgan fingerprint density at radius 3 is 2.30 bits per heavy atom. The number of nitrogens with one attached hydrogen (secondary N) is 1. The molecule has 1 heterocycles. The number of methoxy groups -OCH3 is 2. The zero-order chi connectivity index (χ0) is 19.2. The van der Waals surface area contributed by atoms with Crippen molar-refractivity contribution in [3.63, 3.8) is 0 Å². The average molecular weight is 373 g/mol. The van der Waals surface area contributed by atoms with Gasteiger partial charge in [-0.3, -0.25) is 0 Å². The van der Waals surface area contributed by atoms with Crippen LogP contribution >= 0.6 is 0 Å². The van der Waals surface area contributed by atoms with Crippen molar-refractivity contribution >= 4 is 11.7 Å². The van der Waals surface area contributed by atoms with Crippen molar-refractivity contribution in [1.82, 2.24) is 10.2 Å². The highest BCUT2D eigenvalue weighted by atomic mass is 19.1. The number of benzene rings is 2. The second kappa shape index (κ2) is 8.62. The Morgan fingerprint density at radius 2 is 1.67 bits per heavy atom. The van der Waals surface area contributed by atoms with E-state index in [4.69, 9.17) is 9.47 Å². The van der Waals surface area contributed by atoms with Gasteiger partial charge in [0.25, 0.3) is 0 Å². The Balaban J connectivity index is 1.50. The summed E-state index contributed by atoms with van der Waals surface area (Å²) in [5.41, 5.74) is 1.91. The molecular weight excluding hydrogens is 349 g/mol. The minimum atomic E-state index is -0.244. The van der Waals surface area contributed by atoms with E-state index in [1.54, 1.807) is 31.3 Å². The van der Waals surface area contributed by atoms with Gasteiger partial charge in [0, 0.05) is 38.4 Å². The van der Waals surface area contributed by atoms with E-state index < -0.39 is 0 Å². The van der Waals surface area contributed by atoms with Gasteiger partial charge in [-0.2, -0.15) is 0 Å². The minimum absolute atomic E-state index is 0.0939. The third kappa shape index (κ3) is 4.61. The summed E-state index contributed by atoms with van der Waals surface area (Å²) in [5.74, 6) is 1.05. The van der Waals surface area contributed by atoms with Gasteiger partial charge in [-0.15, -0.1) is 0 Å². The number of piperazine rings is 1. The van der Waals surface area contributed by atoms with Crippen molar-refractivity contribution < 1.29 is 18.7 Å². The number of carbonyl (C=O) groups is 1. The number of carbonyl (C=O) groups excluding carboxylic acids is 1. The highest BCUT2D eigenvalue weighted by Gasteiger charge is 2.21. The molecule has 7 heteroatoms. The van der Waals surface area contributed by atoms with Crippen LogP contribution in [0.1, 0.15) is 5.56 Å². The summed E-state index contributed by atoms with van der Waals surface area (Å²) in [6, 6.07) is 11.9. The molecule has 0 saturated carbocycles. The summed E-state index contributed by atoms with van der Waals surface area (Å²) in [4.78, 5) is 16.4. The number of urea groups is 1. The van der Waals surface area contributed by atoms with E-state index >= 15 is 0 Å². The second-order valence-electron chi connectivity index (χ2n) is 6.30. The molecule has 0 spiro atoms. The van der Waals surface area contributed by atoms with Crippen molar-refractivity contribution in [1.29, 1.82) is 0 Å². The van der Waals surface area contributed by atoms with Crippen molar-refractivity contribution in [3.05, 3.63) is 53.8 Å². The molecule has 3 rings (SSSR count). The third-order valence-electron chi connectivity index (χ3n) is 4.65. The fourth-order valence-corrected chi connectivity index (χ4v) is 3.10. The standard InChI is InChI=1S/C20H24FN3O3/c1-26-18-8-3-15(13-19(18)27-2)14-22-20(25)24-11-9-23(10-12-24)17-6-4-16(21)5-7-17/h3-8,13H,9-12,14H2,1-2H3,(H,22,25). The molecule has 1 fully saturated rings. The van der Waals surface area contributed by atoms with E-state index in [0.29, 0.717) is 31.1 Å². The molecule has 0 aliphatic carbocycles. The van der Waals surface area contributed by atoms with Crippen LogP contribution in [0.25, 0.3) is 0 Å². The topological polar surface area (TPSA) is 54.0 Å². The van der Waals surface area contributed by atoms with Crippen molar-refractivity contribution in [3.8, 4) is 11.5 Å². The van der Waals surface area contributed by atoms with E-state index in [9.17, 15) is 9.18 Å². The number of amides is 2. The van der Waals surface area contributed by atoms with E-state index in [-0.39, 0.29) is 11.8 Å². The van der Waals surface area contributed by atoms with Crippen molar-refractivity contribution in [2.75, 3.05) is 45.3 Å². The lowest BCUT2D eigenvalue weighted by atomic mass is 10.2. The molecule has 2 aromatic rings. The zero-order valence-corrected chi connectivity index (χ0v) is 15.6. The zero-order valence-electron chi connectivity index (χ0n) is 15.6. The quantitative estimate of drug-likeness (QED) is 0.876. The number of ether oxygens (including phenoxy) is 2. The van der Waals surface area contributed by atoms with Gasteiger partial charge in [0.2, 0.25) is 0 Å². The van der Waals surface area contributed by atoms with Crippen LogP contribution in [-0.4, -0.2) is 51.3 Å². The maximum atomic E-state index is 13.0. The van der Waals surface area contributed by atoms with Gasteiger partial charge in [0.1, 0.15) is 5.82 Å². The van der Waals surface area contributed by atoms with Crippen LogP contribution in [0.4, 0.5) is 14.9 Å². The molecule has 2 amide bonds. The van der Waals surface area contributed by atoms with Crippen LogP contribution in [0.5, 0.6) is 11.5 Å². The summed E-state index contributed by atoms with van der Waals surface area (Å²) in [7, 11) is 3.17. The van der Waals surface area contributed by atoms with Gasteiger partial charge in [-0.05, 0) is 42.0 Å². The maximum Gasteiger partial charge on any atom is 0.317 e. The molecule has 144 valence electrons. The van der Waals surface area contributed by atoms with Gasteiger partial charge in [0.05, 0.1) is 14.2 Å². The lowest BCUT2D eigenvalue weighted by Gasteiger charge is -2.36. The minimum Gasteiger partial charge on any atom is -0.493 e. The Labute approximate surface area is 158 Å². The summed E-state index contributed by atoms with van der Waals surface area (Å²) in [6.45, 7) is 3.09. The second-order valence-corrected chi connectivity index (χ2v) is 6.30. The Morgan fingerprint density at radius 1 is 1.00 bits per heavy atom. The lowest BCUT2D eigenvalue weighted by Crippen LogP contribution is -2.51. The molecule has 1 saturated heterocycles. The fraction of sp³-hybridized carbons (Fsp3) is 0.350. The van der Waals surface area contributed by atoms with Crippen LogP contribution in [0.15, 0.2) is 42.5 Å². The van der Waals surface area contributed by atoms with Gasteiger partial charge in [-0.1, -0.05) is 6.07 Å². The molecule has 0 atom stereocenters. The Kier molecular flexibility index (Phi) is 6.01. The molecule has 0 radical (unpaired) electrons. The number of hydrogen-bond acceptors (Lipinski definition) is 4. The maximum absolute atomic E-state index is 13.0.